The molecule has 2 aliphatic heterocycles. The number of carbonyl (C=O) groups is 2. The number of rotatable bonds is 6. The minimum absolute atomic E-state index is 0.000720. The minimum atomic E-state index is 0.000720. The minimum Gasteiger partial charge on any atom is -0.493 e. The Hall–Kier alpha value is -4.54. The summed E-state index contributed by atoms with van der Waals surface area (Å²) in [5.41, 5.74) is 4.37. The SMILES string of the molecule is CN(C)C/C=C/C(=O)N1CC(CC(=O)N(C)c2cc3cc(c2)Nc2nccc(n2)-c2cccc(c2)OCC/C=C/CN(C)C3)C1. The highest BCUT2D eigenvalue weighted by molar-refractivity contribution is 5.94. The van der Waals surface area contributed by atoms with E-state index in [1.807, 2.05) is 68.5 Å². The van der Waals surface area contributed by atoms with Crippen LogP contribution >= 0.6 is 0 Å². The molecule has 10 nitrogen and oxygen atoms in total. The second kappa shape index (κ2) is 15.0. The van der Waals surface area contributed by atoms with Gasteiger partial charge in [-0.15, -0.1) is 0 Å². The lowest BCUT2D eigenvalue weighted by Crippen LogP contribution is -2.51. The number of fused-ring (bicyclic) bond motifs is 7. The summed E-state index contributed by atoms with van der Waals surface area (Å²) in [7, 11) is 7.81. The van der Waals surface area contributed by atoms with Gasteiger partial charge in [0.2, 0.25) is 17.8 Å². The molecular formula is C35H43N7O3. The number of amides is 2. The highest BCUT2D eigenvalue weighted by atomic mass is 16.5. The fourth-order valence-electron chi connectivity index (χ4n) is 5.36. The standard InChI is InChI=1S/C35H43N7O3/c1-39(2)15-9-12-33(43)42-24-27(25-42)20-34(44)41(4)30-19-26-18-29(22-30)37-35-36-14-13-32(38-35)28-10-8-11-31(21-28)45-17-7-5-6-16-40(3)23-26/h5-6,8-14,18-19,21-22,27H,7,15-17,20,23-25H2,1-4H3,(H,36,37,38)/b6-5+,12-9+. The van der Waals surface area contributed by atoms with Crippen molar-refractivity contribution < 1.29 is 14.3 Å². The topological polar surface area (TPSA) is 94.1 Å². The van der Waals surface area contributed by atoms with Gasteiger partial charge in [0, 0.05) is 81.3 Å². The van der Waals surface area contributed by atoms with Gasteiger partial charge in [0.1, 0.15) is 5.75 Å². The van der Waals surface area contributed by atoms with Crippen molar-refractivity contribution in [1.29, 1.82) is 0 Å². The number of aromatic nitrogens is 2. The number of likely N-dealkylation sites (N-methyl/N-ethyl adjacent to an activating group) is 2. The molecule has 2 aliphatic rings. The third-order valence-electron chi connectivity index (χ3n) is 7.83. The van der Waals surface area contributed by atoms with Gasteiger partial charge in [-0.1, -0.05) is 30.4 Å². The van der Waals surface area contributed by atoms with Gasteiger partial charge in [0.05, 0.1) is 12.3 Å². The zero-order valence-electron chi connectivity index (χ0n) is 26.6. The van der Waals surface area contributed by atoms with E-state index < -0.39 is 0 Å². The van der Waals surface area contributed by atoms with Crippen LogP contribution < -0.4 is 15.0 Å². The summed E-state index contributed by atoms with van der Waals surface area (Å²) < 4.78 is 5.97. The Morgan fingerprint density at radius 3 is 2.76 bits per heavy atom. The number of benzene rings is 2. The van der Waals surface area contributed by atoms with Crippen LogP contribution in [0.2, 0.25) is 0 Å². The highest BCUT2D eigenvalue weighted by Crippen LogP contribution is 2.28. The molecule has 0 aliphatic carbocycles. The second-order valence-corrected chi connectivity index (χ2v) is 12.0. The molecule has 0 spiro atoms. The van der Waals surface area contributed by atoms with Crippen LogP contribution in [0.3, 0.4) is 0 Å². The van der Waals surface area contributed by atoms with Crippen LogP contribution in [0.25, 0.3) is 11.3 Å². The monoisotopic (exact) mass is 609 g/mol. The Bertz CT molecular complexity index is 1550. The molecule has 0 radical (unpaired) electrons. The molecule has 0 saturated carbocycles. The number of anilines is 3. The predicted octanol–water partition coefficient (Wildman–Crippen LogP) is 4.59. The third-order valence-corrected chi connectivity index (χ3v) is 7.83. The fourth-order valence-corrected chi connectivity index (χ4v) is 5.36. The molecule has 1 aromatic heterocycles. The molecule has 1 fully saturated rings. The summed E-state index contributed by atoms with van der Waals surface area (Å²) in [4.78, 5) is 42.8. The third kappa shape index (κ3) is 8.99. The van der Waals surface area contributed by atoms with Crippen LogP contribution in [-0.2, 0) is 16.1 Å². The Labute approximate surface area is 266 Å². The number of nitrogens with zero attached hydrogens (tertiary/aromatic N) is 6. The Balaban J connectivity index is 1.33. The van der Waals surface area contributed by atoms with Gasteiger partial charge < -0.3 is 24.8 Å². The van der Waals surface area contributed by atoms with Gasteiger partial charge in [-0.25, -0.2) is 9.97 Å². The van der Waals surface area contributed by atoms with Gasteiger partial charge in [-0.3, -0.25) is 14.5 Å². The van der Waals surface area contributed by atoms with E-state index in [-0.39, 0.29) is 17.7 Å². The molecule has 0 unspecified atom stereocenters. The maximum absolute atomic E-state index is 13.4. The van der Waals surface area contributed by atoms with E-state index in [4.69, 9.17) is 9.72 Å². The van der Waals surface area contributed by atoms with E-state index in [0.717, 1.165) is 53.5 Å². The molecule has 5 rings (SSSR count). The molecule has 3 aromatic rings. The molecule has 236 valence electrons. The number of hydrogen-bond donors (Lipinski definition) is 1. The average Bonchev–Trinajstić information content (AvgIpc) is 2.99. The molecule has 1 saturated heterocycles. The summed E-state index contributed by atoms with van der Waals surface area (Å²) in [5, 5.41) is 3.37. The maximum atomic E-state index is 13.4. The smallest absolute Gasteiger partial charge is 0.246 e. The van der Waals surface area contributed by atoms with E-state index in [0.29, 0.717) is 38.6 Å². The van der Waals surface area contributed by atoms with Crippen LogP contribution in [0.15, 0.2) is 79.0 Å². The Morgan fingerprint density at radius 1 is 1.09 bits per heavy atom. The van der Waals surface area contributed by atoms with Crippen molar-refractivity contribution in [3.63, 3.8) is 0 Å². The number of nitrogens with one attached hydrogen (secondary N) is 1. The van der Waals surface area contributed by atoms with Crippen LogP contribution in [0.1, 0.15) is 18.4 Å². The van der Waals surface area contributed by atoms with E-state index in [9.17, 15) is 9.59 Å². The molecular weight excluding hydrogens is 566 g/mol. The van der Waals surface area contributed by atoms with Crippen molar-refractivity contribution in [3.05, 3.63) is 84.6 Å². The summed E-state index contributed by atoms with van der Waals surface area (Å²) in [5.74, 6) is 1.43. The lowest BCUT2D eigenvalue weighted by atomic mass is 9.95. The number of carbonyl (C=O) groups excluding carboxylic acids is 2. The van der Waals surface area contributed by atoms with Gasteiger partial charge in [0.15, 0.2) is 0 Å². The average molecular weight is 610 g/mol. The fraction of sp³-hybridized carbons (Fsp3) is 0.371. The van der Waals surface area contributed by atoms with E-state index >= 15 is 0 Å². The zero-order valence-corrected chi connectivity index (χ0v) is 26.6. The van der Waals surface area contributed by atoms with E-state index in [1.54, 1.807) is 22.1 Å². The summed E-state index contributed by atoms with van der Waals surface area (Å²) >= 11 is 0. The predicted molar refractivity (Wildman–Crippen MR) is 179 cm³/mol. The van der Waals surface area contributed by atoms with Gasteiger partial charge in [0.25, 0.3) is 0 Å². The van der Waals surface area contributed by atoms with Gasteiger partial charge in [-0.05, 0) is 69.5 Å². The summed E-state index contributed by atoms with van der Waals surface area (Å²) in [6.45, 7) is 3.98. The molecule has 6 bridgehead atoms. The lowest BCUT2D eigenvalue weighted by molar-refractivity contribution is -0.134. The van der Waals surface area contributed by atoms with Crippen molar-refractivity contribution in [1.82, 2.24) is 24.7 Å². The van der Waals surface area contributed by atoms with E-state index in [2.05, 4.69) is 46.5 Å². The largest absolute Gasteiger partial charge is 0.493 e. The molecule has 3 heterocycles. The zero-order chi connectivity index (χ0) is 31.8. The van der Waals surface area contributed by atoms with Crippen molar-refractivity contribution in [2.75, 3.05) is 71.2 Å². The van der Waals surface area contributed by atoms with Crippen molar-refractivity contribution >= 4 is 29.1 Å². The molecule has 10 heteroatoms. The Morgan fingerprint density at radius 2 is 1.93 bits per heavy atom. The first kappa shape index (κ1) is 31.9. The molecule has 2 aromatic carbocycles. The molecule has 45 heavy (non-hydrogen) atoms. The first-order valence-electron chi connectivity index (χ1n) is 15.4. The van der Waals surface area contributed by atoms with Gasteiger partial charge in [-0.2, -0.15) is 0 Å². The normalized spacial score (nSPS) is 16.7. The van der Waals surface area contributed by atoms with Crippen LogP contribution in [0.4, 0.5) is 17.3 Å². The number of likely N-dealkylation sites (tertiary alicyclic amines) is 1. The van der Waals surface area contributed by atoms with Crippen molar-refractivity contribution in [2.45, 2.75) is 19.4 Å². The van der Waals surface area contributed by atoms with Crippen LogP contribution in [-0.4, -0.2) is 97.5 Å². The summed E-state index contributed by atoms with van der Waals surface area (Å²) in [6, 6.07) is 15.9. The second-order valence-electron chi connectivity index (χ2n) is 12.0. The first-order chi connectivity index (χ1) is 21.7. The first-order valence-corrected chi connectivity index (χ1v) is 15.4. The van der Waals surface area contributed by atoms with Crippen LogP contribution in [0, 0.1) is 5.92 Å². The van der Waals surface area contributed by atoms with Gasteiger partial charge >= 0.3 is 0 Å². The lowest BCUT2D eigenvalue weighted by Gasteiger charge is -2.39. The molecule has 2 amide bonds. The van der Waals surface area contributed by atoms with E-state index in [1.165, 1.54) is 0 Å². The highest BCUT2D eigenvalue weighted by Gasteiger charge is 2.32. The van der Waals surface area contributed by atoms with Crippen molar-refractivity contribution in [3.8, 4) is 17.0 Å². The summed E-state index contributed by atoms with van der Waals surface area (Å²) in [6.07, 6.45) is 10.7. The molecule has 0 atom stereocenters. The number of ether oxygens (including phenoxy) is 1. The van der Waals surface area contributed by atoms with Crippen molar-refractivity contribution in [2.24, 2.45) is 5.92 Å². The maximum Gasteiger partial charge on any atom is 0.246 e. The molecule has 1 N–H and O–H groups in total. The number of hydrogen-bond acceptors (Lipinski definition) is 8. The quantitative estimate of drug-likeness (QED) is 0.321. The van der Waals surface area contributed by atoms with Crippen LogP contribution in [0.5, 0.6) is 5.75 Å². The Kier molecular flexibility index (Phi) is 10.6.